The standard InChI is InChI=1S/C36H44FN7O3/c1-36(2,38)34(46)40-28-12-14-29(15-13-28)43-33(45)30-21-27(37)22-39-32(30)44(35(43)47)31-20-25(24-8-5-4-6-9-24)10-11-26(31)23-42-17-7-16-41(3)18-19-42/h4-6,8-11,20-22,28-29H,7,12-19,23,38H2,1-3H3,(H,40,46). The largest absolute Gasteiger partial charge is 0.352 e. The summed E-state index contributed by atoms with van der Waals surface area (Å²) in [6.45, 7) is 7.69. The number of nitrogens with one attached hydrogen (secondary N) is 1. The Hall–Kier alpha value is -4.19. The SMILES string of the molecule is CN1CCCN(Cc2ccc(-c3ccccc3)cc2-n2c(=O)n(C3CCC(NC(=O)C(C)(C)N)CC3)c(=O)c3cc(F)cnc32)CC1. The van der Waals surface area contributed by atoms with Gasteiger partial charge in [0, 0.05) is 31.7 Å². The molecule has 2 aromatic heterocycles. The van der Waals surface area contributed by atoms with Crippen LogP contribution < -0.4 is 22.3 Å². The zero-order valence-electron chi connectivity index (χ0n) is 27.4. The Kier molecular flexibility index (Phi) is 9.41. The van der Waals surface area contributed by atoms with Crippen molar-refractivity contribution in [2.24, 2.45) is 5.73 Å². The number of benzene rings is 2. The fourth-order valence-electron chi connectivity index (χ4n) is 6.79. The highest BCUT2D eigenvalue weighted by atomic mass is 19.1. The molecule has 3 N–H and O–H groups in total. The maximum Gasteiger partial charge on any atom is 0.337 e. The van der Waals surface area contributed by atoms with Gasteiger partial charge in [-0.3, -0.25) is 19.1 Å². The Balaban J connectivity index is 1.47. The highest BCUT2D eigenvalue weighted by Crippen LogP contribution is 2.30. The number of fused-ring (bicyclic) bond motifs is 1. The van der Waals surface area contributed by atoms with E-state index in [4.69, 9.17) is 5.73 Å². The first-order chi connectivity index (χ1) is 22.5. The lowest BCUT2D eigenvalue weighted by molar-refractivity contribution is -0.126. The average Bonchev–Trinajstić information content (AvgIpc) is 3.26. The Bertz CT molecular complexity index is 1870. The number of hydrogen-bond donors (Lipinski definition) is 2. The van der Waals surface area contributed by atoms with E-state index in [1.165, 1.54) is 15.2 Å². The molecule has 0 spiro atoms. The van der Waals surface area contributed by atoms with E-state index in [9.17, 15) is 18.8 Å². The third kappa shape index (κ3) is 7.07. The van der Waals surface area contributed by atoms with Crippen molar-refractivity contribution >= 4 is 16.9 Å². The summed E-state index contributed by atoms with van der Waals surface area (Å²) in [5, 5.41) is 3.06. The topological polar surface area (TPSA) is 118 Å². The summed E-state index contributed by atoms with van der Waals surface area (Å²) in [5.41, 5.74) is 7.50. The number of likely N-dealkylation sites (N-methyl/N-ethyl adjacent to an activating group) is 1. The van der Waals surface area contributed by atoms with Crippen LogP contribution in [-0.4, -0.2) is 74.6 Å². The smallest absolute Gasteiger partial charge is 0.337 e. The molecule has 248 valence electrons. The number of hydrogen-bond acceptors (Lipinski definition) is 7. The summed E-state index contributed by atoms with van der Waals surface area (Å²) in [7, 11) is 2.13. The van der Waals surface area contributed by atoms with E-state index < -0.39 is 28.6 Å². The number of nitrogens with zero attached hydrogens (tertiary/aromatic N) is 5. The quantitative estimate of drug-likeness (QED) is 0.315. The molecule has 3 heterocycles. The molecule has 6 rings (SSSR count). The van der Waals surface area contributed by atoms with Gasteiger partial charge in [0.2, 0.25) is 5.91 Å². The van der Waals surface area contributed by atoms with E-state index in [1.54, 1.807) is 13.8 Å². The van der Waals surface area contributed by atoms with Crippen molar-refractivity contribution in [3.63, 3.8) is 0 Å². The van der Waals surface area contributed by atoms with Gasteiger partial charge in [0.1, 0.15) is 5.82 Å². The number of carbonyl (C=O) groups excluding carboxylic acids is 1. The van der Waals surface area contributed by atoms with Gasteiger partial charge in [0.05, 0.1) is 22.8 Å². The number of carbonyl (C=O) groups is 1. The summed E-state index contributed by atoms with van der Waals surface area (Å²) in [6, 6.07) is 16.7. The Morgan fingerprint density at radius 1 is 0.979 bits per heavy atom. The molecule has 0 radical (unpaired) electrons. The van der Waals surface area contributed by atoms with Crippen LogP contribution in [0.5, 0.6) is 0 Å². The summed E-state index contributed by atoms with van der Waals surface area (Å²) in [4.78, 5) is 50.2. The van der Waals surface area contributed by atoms with Crippen LogP contribution in [0, 0.1) is 5.82 Å². The fourth-order valence-corrected chi connectivity index (χ4v) is 6.79. The van der Waals surface area contributed by atoms with Gasteiger partial charge < -0.3 is 16.0 Å². The van der Waals surface area contributed by atoms with E-state index in [0.717, 1.165) is 55.5 Å². The van der Waals surface area contributed by atoms with Crippen LogP contribution in [0.2, 0.25) is 0 Å². The van der Waals surface area contributed by atoms with Crippen LogP contribution in [0.3, 0.4) is 0 Å². The predicted octanol–water partition coefficient (Wildman–Crippen LogP) is 3.83. The highest BCUT2D eigenvalue weighted by Gasteiger charge is 2.31. The van der Waals surface area contributed by atoms with Gasteiger partial charge in [-0.25, -0.2) is 18.7 Å². The number of aromatic nitrogens is 3. The average molecular weight is 642 g/mol. The molecular weight excluding hydrogens is 597 g/mol. The van der Waals surface area contributed by atoms with Crippen molar-refractivity contribution < 1.29 is 9.18 Å². The second kappa shape index (κ2) is 13.5. The fraction of sp³-hybridized carbons (Fsp3) is 0.444. The van der Waals surface area contributed by atoms with Gasteiger partial charge in [-0.1, -0.05) is 42.5 Å². The minimum Gasteiger partial charge on any atom is -0.352 e. The molecule has 10 nitrogen and oxygen atoms in total. The number of pyridine rings is 1. The molecule has 1 amide bonds. The Labute approximate surface area is 274 Å². The molecule has 47 heavy (non-hydrogen) atoms. The normalized spacial score (nSPS) is 19.9. The Morgan fingerprint density at radius 3 is 2.45 bits per heavy atom. The molecule has 0 atom stereocenters. The monoisotopic (exact) mass is 641 g/mol. The lowest BCUT2D eigenvalue weighted by Gasteiger charge is -2.32. The summed E-state index contributed by atoms with van der Waals surface area (Å²) in [5.74, 6) is -0.885. The second-order valence-corrected chi connectivity index (χ2v) is 13.7. The van der Waals surface area contributed by atoms with Crippen LogP contribution >= 0.6 is 0 Å². The van der Waals surface area contributed by atoms with Crippen molar-refractivity contribution in [1.82, 2.24) is 29.2 Å². The molecule has 2 aromatic carbocycles. The van der Waals surface area contributed by atoms with Crippen molar-refractivity contribution in [1.29, 1.82) is 0 Å². The van der Waals surface area contributed by atoms with E-state index >= 15 is 0 Å². The van der Waals surface area contributed by atoms with Crippen LogP contribution in [0.25, 0.3) is 27.8 Å². The lowest BCUT2D eigenvalue weighted by Crippen LogP contribution is -2.53. The van der Waals surface area contributed by atoms with Crippen LogP contribution in [0.15, 0.2) is 70.4 Å². The van der Waals surface area contributed by atoms with E-state index in [0.29, 0.717) is 37.9 Å². The molecule has 1 aliphatic carbocycles. The lowest BCUT2D eigenvalue weighted by atomic mass is 9.90. The zero-order chi connectivity index (χ0) is 33.3. The van der Waals surface area contributed by atoms with Crippen molar-refractivity contribution in [2.45, 2.75) is 70.1 Å². The van der Waals surface area contributed by atoms with Crippen molar-refractivity contribution in [3.8, 4) is 16.8 Å². The van der Waals surface area contributed by atoms with E-state index in [2.05, 4.69) is 39.3 Å². The summed E-state index contributed by atoms with van der Waals surface area (Å²) >= 11 is 0. The molecule has 0 bridgehead atoms. The molecule has 2 fully saturated rings. The van der Waals surface area contributed by atoms with Gasteiger partial charge in [0.25, 0.3) is 5.56 Å². The van der Waals surface area contributed by atoms with Gasteiger partial charge in [-0.05, 0) is 94.9 Å². The van der Waals surface area contributed by atoms with Crippen LogP contribution in [-0.2, 0) is 11.3 Å². The number of amides is 1. The third-order valence-corrected chi connectivity index (χ3v) is 9.51. The van der Waals surface area contributed by atoms with E-state index in [-0.39, 0.29) is 23.0 Å². The first kappa shape index (κ1) is 32.7. The zero-order valence-corrected chi connectivity index (χ0v) is 27.4. The van der Waals surface area contributed by atoms with Gasteiger partial charge >= 0.3 is 5.69 Å². The second-order valence-electron chi connectivity index (χ2n) is 13.7. The molecule has 1 saturated heterocycles. The minimum absolute atomic E-state index is 0.0531. The number of halogens is 1. The highest BCUT2D eigenvalue weighted by molar-refractivity contribution is 5.85. The maximum atomic E-state index is 14.7. The maximum absolute atomic E-state index is 14.7. The van der Waals surface area contributed by atoms with Gasteiger partial charge in [-0.2, -0.15) is 0 Å². The Morgan fingerprint density at radius 2 is 1.72 bits per heavy atom. The number of nitrogens with two attached hydrogens (primary N) is 1. The van der Waals surface area contributed by atoms with Gasteiger partial charge in [0.15, 0.2) is 5.65 Å². The molecule has 0 unspecified atom stereocenters. The van der Waals surface area contributed by atoms with Crippen molar-refractivity contribution in [3.05, 3.63) is 93.0 Å². The molecule has 1 aliphatic heterocycles. The summed E-state index contributed by atoms with van der Waals surface area (Å²) < 4.78 is 17.5. The molecule has 1 saturated carbocycles. The predicted molar refractivity (Wildman–Crippen MR) is 182 cm³/mol. The summed E-state index contributed by atoms with van der Waals surface area (Å²) in [6.07, 6.45) is 4.25. The van der Waals surface area contributed by atoms with Crippen LogP contribution in [0.4, 0.5) is 4.39 Å². The van der Waals surface area contributed by atoms with Crippen LogP contribution in [0.1, 0.15) is 57.6 Å². The van der Waals surface area contributed by atoms with Crippen molar-refractivity contribution in [2.75, 3.05) is 33.2 Å². The molecule has 2 aliphatic rings. The third-order valence-electron chi connectivity index (χ3n) is 9.51. The minimum atomic E-state index is -1.01. The van der Waals surface area contributed by atoms with Gasteiger partial charge in [-0.15, -0.1) is 0 Å². The van der Waals surface area contributed by atoms with E-state index in [1.807, 2.05) is 36.4 Å². The first-order valence-electron chi connectivity index (χ1n) is 16.5. The number of rotatable bonds is 7. The molecule has 11 heteroatoms. The first-order valence-corrected chi connectivity index (χ1v) is 16.5. The molecular formula is C36H44FN7O3. The molecule has 4 aromatic rings.